The lowest BCUT2D eigenvalue weighted by Gasteiger charge is -2.38. The average Bonchev–Trinajstić information content (AvgIpc) is 2.83. The minimum atomic E-state index is 0.757. The molecule has 0 spiro atoms. The summed E-state index contributed by atoms with van der Waals surface area (Å²) in [5.41, 5.74) is 0. The lowest BCUT2D eigenvalue weighted by atomic mass is 9.92. The van der Waals surface area contributed by atoms with E-state index in [-0.39, 0.29) is 0 Å². The number of nitrogens with zero attached hydrogens (tertiary/aromatic N) is 1. The van der Waals surface area contributed by atoms with Gasteiger partial charge in [0.15, 0.2) is 0 Å². The highest BCUT2D eigenvalue weighted by Gasteiger charge is 2.24. The summed E-state index contributed by atoms with van der Waals surface area (Å²) >= 11 is 0. The molecule has 3 heteroatoms. The normalized spacial score (nSPS) is 35.3. The Kier molecular flexibility index (Phi) is 5.26. The molecule has 0 radical (unpaired) electrons. The molecule has 0 aliphatic carbocycles. The zero-order chi connectivity index (χ0) is 12.1. The Morgan fingerprint density at radius 3 is 2.94 bits per heavy atom. The summed E-state index contributed by atoms with van der Waals surface area (Å²) in [6.07, 6.45) is 4.02. The minimum Gasteiger partial charge on any atom is -0.381 e. The maximum Gasteiger partial charge on any atom is 0.0507 e. The van der Waals surface area contributed by atoms with Gasteiger partial charge in [-0.1, -0.05) is 6.92 Å². The standard InChI is InChI=1S/C14H28N2O/c1-12-4-3-7-16(13(12)2)8-6-15-10-14-5-9-17-11-14/h12-15H,3-11H2,1-2H3. The first-order valence-corrected chi connectivity index (χ1v) is 7.30. The summed E-state index contributed by atoms with van der Waals surface area (Å²) in [6.45, 7) is 11.5. The van der Waals surface area contributed by atoms with Crippen LogP contribution in [0.15, 0.2) is 0 Å². The first-order chi connectivity index (χ1) is 8.27. The van der Waals surface area contributed by atoms with Crippen molar-refractivity contribution in [2.45, 2.75) is 39.2 Å². The van der Waals surface area contributed by atoms with Crippen LogP contribution in [0.3, 0.4) is 0 Å². The van der Waals surface area contributed by atoms with Crippen LogP contribution in [0.2, 0.25) is 0 Å². The Morgan fingerprint density at radius 2 is 2.18 bits per heavy atom. The van der Waals surface area contributed by atoms with Crippen LogP contribution >= 0.6 is 0 Å². The summed E-state index contributed by atoms with van der Waals surface area (Å²) in [5, 5.41) is 3.59. The van der Waals surface area contributed by atoms with Crippen LogP contribution in [0.1, 0.15) is 33.1 Å². The Morgan fingerprint density at radius 1 is 1.29 bits per heavy atom. The van der Waals surface area contributed by atoms with E-state index in [2.05, 4.69) is 24.1 Å². The molecule has 100 valence electrons. The number of hydrogen-bond acceptors (Lipinski definition) is 3. The van der Waals surface area contributed by atoms with E-state index in [1.165, 1.54) is 32.4 Å². The average molecular weight is 240 g/mol. The van der Waals surface area contributed by atoms with Crippen molar-refractivity contribution >= 4 is 0 Å². The molecule has 2 rings (SSSR count). The predicted molar refractivity (Wildman–Crippen MR) is 71.2 cm³/mol. The highest BCUT2D eigenvalue weighted by Crippen LogP contribution is 2.22. The third-order valence-electron chi connectivity index (χ3n) is 4.54. The van der Waals surface area contributed by atoms with E-state index in [0.717, 1.165) is 44.2 Å². The molecule has 2 heterocycles. The van der Waals surface area contributed by atoms with Gasteiger partial charge in [0, 0.05) is 32.3 Å². The molecule has 2 aliphatic heterocycles. The third kappa shape index (κ3) is 3.94. The number of hydrogen-bond donors (Lipinski definition) is 1. The molecule has 3 nitrogen and oxygen atoms in total. The second-order valence-corrected chi connectivity index (χ2v) is 5.83. The summed E-state index contributed by atoms with van der Waals surface area (Å²) in [6, 6.07) is 0.764. The second kappa shape index (κ2) is 6.72. The molecule has 0 aromatic carbocycles. The zero-order valence-corrected chi connectivity index (χ0v) is 11.5. The van der Waals surface area contributed by atoms with E-state index in [4.69, 9.17) is 4.74 Å². The highest BCUT2D eigenvalue weighted by atomic mass is 16.5. The monoisotopic (exact) mass is 240 g/mol. The van der Waals surface area contributed by atoms with Gasteiger partial charge in [-0.25, -0.2) is 0 Å². The topological polar surface area (TPSA) is 24.5 Å². The number of nitrogens with one attached hydrogen (secondary N) is 1. The SMILES string of the molecule is CC1CCCN(CCNCC2CCOC2)C1C. The van der Waals surface area contributed by atoms with E-state index >= 15 is 0 Å². The summed E-state index contributed by atoms with van der Waals surface area (Å²) < 4.78 is 5.38. The van der Waals surface area contributed by atoms with Crippen molar-refractivity contribution in [3.63, 3.8) is 0 Å². The van der Waals surface area contributed by atoms with Crippen molar-refractivity contribution in [3.05, 3.63) is 0 Å². The van der Waals surface area contributed by atoms with Crippen molar-refractivity contribution in [1.29, 1.82) is 0 Å². The first kappa shape index (κ1) is 13.3. The van der Waals surface area contributed by atoms with E-state index in [1.54, 1.807) is 0 Å². The van der Waals surface area contributed by atoms with Crippen LogP contribution in [-0.2, 0) is 4.74 Å². The minimum absolute atomic E-state index is 0.757. The first-order valence-electron chi connectivity index (χ1n) is 7.30. The van der Waals surface area contributed by atoms with Gasteiger partial charge in [0.05, 0.1) is 6.61 Å². The molecular weight excluding hydrogens is 212 g/mol. The molecule has 2 aliphatic rings. The van der Waals surface area contributed by atoms with Crippen molar-refractivity contribution in [3.8, 4) is 0 Å². The van der Waals surface area contributed by atoms with Gasteiger partial charge in [0.2, 0.25) is 0 Å². The third-order valence-corrected chi connectivity index (χ3v) is 4.54. The number of piperidine rings is 1. The molecule has 0 amide bonds. The van der Waals surface area contributed by atoms with E-state index in [9.17, 15) is 0 Å². The molecule has 3 atom stereocenters. The van der Waals surface area contributed by atoms with E-state index in [1.807, 2.05) is 0 Å². The molecule has 0 bridgehead atoms. The number of ether oxygens (including phenoxy) is 1. The predicted octanol–water partition coefficient (Wildman–Crippen LogP) is 1.73. The van der Waals surface area contributed by atoms with Crippen molar-refractivity contribution in [1.82, 2.24) is 10.2 Å². The van der Waals surface area contributed by atoms with Gasteiger partial charge in [-0.05, 0) is 44.6 Å². The van der Waals surface area contributed by atoms with Gasteiger partial charge < -0.3 is 10.1 Å². The Hall–Kier alpha value is -0.120. The van der Waals surface area contributed by atoms with Gasteiger partial charge >= 0.3 is 0 Å². The van der Waals surface area contributed by atoms with Crippen LogP contribution in [0, 0.1) is 11.8 Å². The van der Waals surface area contributed by atoms with Gasteiger partial charge in [0.25, 0.3) is 0 Å². The molecule has 2 saturated heterocycles. The second-order valence-electron chi connectivity index (χ2n) is 5.83. The van der Waals surface area contributed by atoms with Gasteiger partial charge in [-0.2, -0.15) is 0 Å². The lowest BCUT2D eigenvalue weighted by Crippen LogP contribution is -2.45. The number of likely N-dealkylation sites (tertiary alicyclic amines) is 1. The maximum absolute atomic E-state index is 5.38. The molecule has 2 fully saturated rings. The smallest absolute Gasteiger partial charge is 0.0507 e. The highest BCUT2D eigenvalue weighted by molar-refractivity contribution is 4.79. The van der Waals surface area contributed by atoms with Crippen LogP contribution in [-0.4, -0.2) is 50.3 Å². The van der Waals surface area contributed by atoms with Crippen molar-refractivity contribution in [2.75, 3.05) is 39.4 Å². The fraction of sp³-hybridized carbons (Fsp3) is 1.00. The molecule has 0 aromatic heterocycles. The summed E-state index contributed by atoms with van der Waals surface area (Å²) in [7, 11) is 0. The Bertz CT molecular complexity index is 216. The molecular formula is C14H28N2O. The van der Waals surface area contributed by atoms with Crippen LogP contribution in [0.4, 0.5) is 0 Å². The van der Waals surface area contributed by atoms with Gasteiger partial charge in [-0.15, -0.1) is 0 Å². The Labute approximate surface area is 106 Å². The largest absolute Gasteiger partial charge is 0.381 e. The fourth-order valence-electron chi connectivity index (χ4n) is 3.01. The summed E-state index contributed by atoms with van der Waals surface area (Å²) in [4.78, 5) is 2.65. The zero-order valence-electron chi connectivity index (χ0n) is 11.5. The molecule has 0 aromatic rings. The van der Waals surface area contributed by atoms with Crippen LogP contribution < -0.4 is 5.32 Å². The lowest BCUT2D eigenvalue weighted by molar-refractivity contribution is 0.114. The van der Waals surface area contributed by atoms with E-state index in [0.29, 0.717) is 0 Å². The molecule has 17 heavy (non-hydrogen) atoms. The maximum atomic E-state index is 5.38. The fourth-order valence-corrected chi connectivity index (χ4v) is 3.01. The summed E-state index contributed by atoms with van der Waals surface area (Å²) in [5.74, 6) is 1.62. The van der Waals surface area contributed by atoms with Gasteiger partial charge in [-0.3, -0.25) is 4.90 Å². The quantitative estimate of drug-likeness (QED) is 0.741. The van der Waals surface area contributed by atoms with E-state index < -0.39 is 0 Å². The van der Waals surface area contributed by atoms with Crippen molar-refractivity contribution in [2.24, 2.45) is 11.8 Å². The van der Waals surface area contributed by atoms with Crippen LogP contribution in [0.25, 0.3) is 0 Å². The van der Waals surface area contributed by atoms with Gasteiger partial charge in [0.1, 0.15) is 0 Å². The molecule has 0 saturated carbocycles. The van der Waals surface area contributed by atoms with Crippen molar-refractivity contribution < 1.29 is 4.74 Å². The Balaban J connectivity index is 1.57. The number of rotatable bonds is 5. The van der Waals surface area contributed by atoms with Crippen LogP contribution in [0.5, 0.6) is 0 Å². The molecule has 1 N–H and O–H groups in total. The molecule has 3 unspecified atom stereocenters.